The van der Waals surface area contributed by atoms with E-state index in [1.54, 1.807) is 6.20 Å². The van der Waals surface area contributed by atoms with Crippen LogP contribution >= 0.6 is 0 Å². The third kappa shape index (κ3) is 2.87. The summed E-state index contributed by atoms with van der Waals surface area (Å²) in [6.07, 6.45) is 3.55. The highest BCUT2D eigenvalue weighted by Crippen LogP contribution is 2.51. The van der Waals surface area contributed by atoms with Crippen molar-refractivity contribution in [1.82, 2.24) is 9.97 Å². The Bertz CT molecular complexity index is 1090. The molecule has 3 aromatic rings. The molecule has 1 aromatic carbocycles. The fraction of sp³-hybridized carbons (Fsp3) is 0.227. The summed E-state index contributed by atoms with van der Waals surface area (Å²) in [7, 11) is 0. The SMILES string of the molecule is CC(=O)Nc1cc(-c2[nH]c3c(c2Nc2ccccc2)C(=O)[C@@H]2C[C@@H]2C3)ccn1. The average Bonchev–Trinajstić information content (AvgIpc) is 3.37. The second kappa shape index (κ2) is 6.34. The number of carbonyl (C=O) groups excluding carboxylic acids is 2. The summed E-state index contributed by atoms with van der Waals surface area (Å²) in [6.45, 7) is 1.45. The van der Waals surface area contributed by atoms with E-state index in [1.807, 2.05) is 42.5 Å². The Hall–Kier alpha value is -3.41. The predicted molar refractivity (Wildman–Crippen MR) is 108 cm³/mol. The molecule has 1 saturated carbocycles. The van der Waals surface area contributed by atoms with Gasteiger partial charge in [-0.2, -0.15) is 0 Å². The average molecular weight is 372 g/mol. The lowest BCUT2D eigenvalue weighted by Gasteiger charge is -2.13. The molecule has 2 aliphatic carbocycles. The van der Waals surface area contributed by atoms with Crippen LogP contribution in [-0.2, 0) is 11.2 Å². The monoisotopic (exact) mass is 372 g/mol. The minimum Gasteiger partial charge on any atom is -0.356 e. The molecule has 2 aromatic heterocycles. The number of nitrogens with one attached hydrogen (secondary N) is 3. The van der Waals surface area contributed by atoms with Crippen LogP contribution in [0.5, 0.6) is 0 Å². The zero-order valence-electron chi connectivity index (χ0n) is 15.5. The number of Topliss-reactive ketones (excluding diaryl/α,β-unsaturated/α-hetero) is 1. The fourth-order valence-corrected chi connectivity index (χ4v) is 4.06. The van der Waals surface area contributed by atoms with Crippen LogP contribution in [0, 0.1) is 11.8 Å². The lowest BCUT2D eigenvalue weighted by atomic mass is 9.95. The van der Waals surface area contributed by atoms with E-state index >= 15 is 0 Å². The quantitative estimate of drug-likeness (QED) is 0.642. The van der Waals surface area contributed by atoms with Crippen LogP contribution in [0.25, 0.3) is 11.3 Å². The zero-order valence-corrected chi connectivity index (χ0v) is 15.5. The van der Waals surface area contributed by atoms with E-state index in [9.17, 15) is 9.59 Å². The fourth-order valence-electron chi connectivity index (χ4n) is 4.06. The van der Waals surface area contributed by atoms with Crippen molar-refractivity contribution in [3.8, 4) is 11.3 Å². The van der Waals surface area contributed by atoms with Crippen LogP contribution in [0.15, 0.2) is 48.7 Å². The smallest absolute Gasteiger partial charge is 0.222 e. The molecule has 6 nitrogen and oxygen atoms in total. The molecule has 2 atom stereocenters. The van der Waals surface area contributed by atoms with Crippen molar-refractivity contribution >= 4 is 28.9 Å². The molecule has 140 valence electrons. The van der Waals surface area contributed by atoms with Crippen LogP contribution in [0.2, 0.25) is 0 Å². The first kappa shape index (κ1) is 16.7. The highest BCUT2D eigenvalue weighted by Gasteiger charge is 2.49. The summed E-state index contributed by atoms with van der Waals surface area (Å²) in [6, 6.07) is 13.5. The number of hydrogen-bond donors (Lipinski definition) is 3. The number of para-hydroxylation sites is 1. The number of pyridine rings is 1. The highest BCUT2D eigenvalue weighted by molar-refractivity contribution is 6.10. The van der Waals surface area contributed by atoms with Gasteiger partial charge >= 0.3 is 0 Å². The van der Waals surface area contributed by atoms with Crippen molar-refractivity contribution < 1.29 is 9.59 Å². The Balaban J connectivity index is 1.63. The predicted octanol–water partition coefficient (Wildman–Crippen LogP) is 4.15. The number of fused-ring (bicyclic) bond motifs is 2. The van der Waals surface area contributed by atoms with Gasteiger partial charge in [0.15, 0.2) is 5.78 Å². The molecule has 0 spiro atoms. The number of aromatic amines is 1. The molecule has 0 bridgehead atoms. The third-order valence-corrected chi connectivity index (χ3v) is 5.45. The number of hydrogen-bond acceptors (Lipinski definition) is 4. The maximum atomic E-state index is 13.0. The van der Waals surface area contributed by atoms with Gasteiger partial charge < -0.3 is 15.6 Å². The first-order valence-corrected chi connectivity index (χ1v) is 9.45. The Morgan fingerprint density at radius 3 is 2.82 bits per heavy atom. The molecular formula is C22H20N4O2. The number of rotatable bonds is 4. The van der Waals surface area contributed by atoms with Crippen molar-refractivity contribution in [1.29, 1.82) is 0 Å². The van der Waals surface area contributed by atoms with Crippen molar-refractivity contribution in [2.24, 2.45) is 11.8 Å². The summed E-state index contributed by atoms with van der Waals surface area (Å²) in [5, 5.41) is 6.17. The van der Waals surface area contributed by atoms with Gasteiger partial charge in [-0.3, -0.25) is 9.59 Å². The molecule has 28 heavy (non-hydrogen) atoms. The number of H-pyrrole nitrogens is 1. The lowest BCUT2D eigenvalue weighted by Crippen LogP contribution is -2.14. The van der Waals surface area contributed by atoms with Crippen molar-refractivity contribution in [2.75, 3.05) is 10.6 Å². The summed E-state index contributed by atoms with van der Waals surface area (Å²) < 4.78 is 0. The van der Waals surface area contributed by atoms with Gasteiger partial charge in [-0.15, -0.1) is 0 Å². The van der Waals surface area contributed by atoms with Crippen LogP contribution in [-0.4, -0.2) is 21.7 Å². The molecule has 3 N–H and O–H groups in total. The van der Waals surface area contributed by atoms with Gasteiger partial charge in [-0.1, -0.05) is 18.2 Å². The Morgan fingerprint density at radius 2 is 2.04 bits per heavy atom. The second-order valence-corrected chi connectivity index (χ2v) is 7.50. The maximum absolute atomic E-state index is 13.0. The number of anilines is 3. The number of benzene rings is 1. The third-order valence-electron chi connectivity index (χ3n) is 5.45. The number of amides is 1. The number of carbonyl (C=O) groups is 2. The summed E-state index contributed by atoms with van der Waals surface area (Å²) in [4.78, 5) is 32.1. The molecule has 0 radical (unpaired) electrons. The molecule has 0 saturated heterocycles. The summed E-state index contributed by atoms with van der Waals surface area (Å²) in [5.74, 6) is 1.18. The topological polar surface area (TPSA) is 86.9 Å². The first-order valence-electron chi connectivity index (χ1n) is 9.45. The van der Waals surface area contributed by atoms with Crippen molar-refractivity contribution in [3.05, 3.63) is 59.9 Å². The van der Waals surface area contributed by atoms with Gasteiger partial charge in [0.1, 0.15) is 5.82 Å². The van der Waals surface area contributed by atoms with E-state index in [0.717, 1.165) is 46.7 Å². The van der Waals surface area contributed by atoms with Gasteiger partial charge in [0.05, 0.1) is 16.9 Å². The molecular weight excluding hydrogens is 352 g/mol. The molecule has 0 aliphatic heterocycles. The van der Waals surface area contributed by atoms with E-state index in [1.165, 1.54) is 6.92 Å². The van der Waals surface area contributed by atoms with Gasteiger partial charge in [-0.05, 0) is 43.0 Å². The van der Waals surface area contributed by atoms with Gasteiger partial charge in [0.25, 0.3) is 0 Å². The van der Waals surface area contributed by atoms with Gasteiger partial charge in [0, 0.05) is 36.0 Å². The molecule has 6 heteroatoms. The number of nitrogens with zero attached hydrogens (tertiary/aromatic N) is 1. The van der Waals surface area contributed by atoms with Crippen LogP contribution < -0.4 is 10.6 Å². The lowest BCUT2D eigenvalue weighted by molar-refractivity contribution is -0.114. The van der Waals surface area contributed by atoms with E-state index in [0.29, 0.717) is 11.7 Å². The highest BCUT2D eigenvalue weighted by atomic mass is 16.1. The van der Waals surface area contributed by atoms with Crippen LogP contribution in [0.4, 0.5) is 17.2 Å². The standard InChI is InChI=1S/C22H20N4O2/c1-12(27)24-18-11-13(7-8-23-18)20-21(25-15-5-3-2-4-6-15)19-17(26-20)10-14-9-16(14)22(19)28/h2-8,11,14,16,25-26H,9-10H2,1H3,(H,23,24,27)/t14-,16-/m1/s1. The Morgan fingerprint density at radius 1 is 1.21 bits per heavy atom. The molecule has 2 heterocycles. The minimum absolute atomic E-state index is 0.167. The maximum Gasteiger partial charge on any atom is 0.222 e. The van der Waals surface area contributed by atoms with E-state index in [2.05, 4.69) is 20.6 Å². The van der Waals surface area contributed by atoms with Crippen LogP contribution in [0.3, 0.4) is 0 Å². The molecule has 5 rings (SSSR count). The van der Waals surface area contributed by atoms with Gasteiger partial charge in [-0.25, -0.2) is 4.98 Å². The Kier molecular flexibility index (Phi) is 3.79. The largest absolute Gasteiger partial charge is 0.356 e. The number of ketones is 1. The number of aromatic nitrogens is 2. The van der Waals surface area contributed by atoms with Crippen molar-refractivity contribution in [3.63, 3.8) is 0 Å². The summed E-state index contributed by atoms with van der Waals surface area (Å²) in [5.41, 5.74) is 5.21. The second-order valence-electron chi connectivity index (χ2n) is 7.50. The molecule has 2 aliphatic rings. The zero-order chi connectivity index (χ0) is 19.3. The van der Waals surface area contributed by atoms with E-state index in [4.69, 9.17) is 0 Å². The molecule has 1 fully saturated rings. The van der Waals surface area contributed by atoms with Crippen molar-refractivity contribution in [2.45, 2.75) is 19.8 Å². The van der Waals surface area contributed by atoms with E-state index in [-0.39, 0.29) is 17.6 Å². The Labute approximate surface area is 162 Å². The molecule has 1 amide bonds. The summed E-state index contributed by atoms with van der Waals surface area (Å²) >= 11 is 0. The minimum atomic E-state index is -0.173. The first-order chi connectivity index (χ1) is 13.6. The van der Waals surface area contributed by atoms with Crippen LogP contribution in [0.1, 0.15) is 29.4 Å². The normalized spacial score (nSPS) is 19.5. The molecule has 0 unspecified atom stereocenters. The van der Waals surface area contributed by atoms with E-state index < -0.39 is 0 Å². The van der Waals surface area contributed by atoms with Gasteiger partial charge in [0.2, 0.25) is 5.91 Å².